The molecule has 0 aliphatic rings. The van der Waals surface area contributed by atoms with Crippen molar-refractivity contribution in [3.05, 3.63) is 139 Å². The molecule has 0 spiro atoms. The molecule has 0 amide bonds. The molecule has 0 aromatic heterocycles. The summed E-state index contributed by atoms with van der Waals surface area (Å²) in [5, 5.41) is 0. The average molecular weight is 695 g/mol. The van der Waals surface area contributed by atoms with Crippen molar-refractivity contribution in [3.63, 3.8) is 0 Å². The van der Waals surface area contributed by atoms with E-state index in [1.165, 1.54) is 61.1 Å². The van der Waals surface area contributed by atoms with Gasteiger partial charge in [0, 0.05) is 22.8 Å². The lowest BCUT2D eigenvalue weighted by atomic mass is 9.92. The van der Waals surface area contributed by atoms with Crippen LogP contribution >= 0.6 is 0 Å². The molecule has 0 unspecified atom stereocenters. The van der Waals surface area contributed by atoms with Crippen molar-refractivity contribution in [2.24, 2.45) is 0 Å². The van der Waals surface area contributed by atoms with Crippen molar-refractivity contribution in [2.75, 3.05) is 0 Å². The van der Waals surface area contributed by atoms with Gasteiger partial charge in [-0.15, -0.1) is 0 Å². The molecular formula is C41H50F8. The van der Waals surface area contributed by atoms with Crippen molar-refractivity contribution >= 4 is 0 Å². The molecular weight excluding hydrogens is 644 g/mol. The van der Waals surface area contributed by atoms with E-state index in [0.717, 1.165) is 6.92 Å². The highest BCUT2D eigenvalue weighted by Gasteiger charge is 2.24. The molecule has 0 saturated heterocycles. The molecule has 0 aliphatic heterocycles. The summed E-state index contributed by atoms with van der Waals surface area (Å²) in [7, 11) is 0. The van der Waals surface area contributed by atoms with Crippen molar-refractivity contribution in [2.45, 2.75) is 114 Å². The van der Waals surface area contributed by atoms with Crippen LogP contribution in [0.2, 0.25) is 0 Å². The van der Waals surface area contributed by atoms with Crippen LogP contribution in [0.15, 0.2) is 42.5 Å². The number of hydrogen-bond acceptors (Lipinski definition) is 0. The Morgan fingerprint density at radius 2 is 0.714 bits per heavy atom. The predicted octanol–water partition coefficient (Wildman–Crippen LogP) is 13.9. The molecule has 49 heavy (non-hydrogen) atoms. The van der Waals surface area contributed by atoms with E-state index >= 15 is 0 Å². The Bertz CT molecular complexity index is 1610. The summed E-state index contributed by atoms with van der Waals surface area (Å²) in [6, 6.07) is 13.5. The van der Waals surface area contributed by atoms with E-state index in [4.69, 9.17) is 0 Å². The Labute approximate surface area is 287 Å². The summed E-state index contributed by atoms with van der Waals surface area (Å²) in [6.07, 6.45) is 0. The minimum atomic E-state index is -1.36. The standard InChI is InChI=1S/C12H18.C10H10F4.C10H14.C9H8F4/c1-8(2)12-10(4)6-9(3)7-11(12)5;1-4(2)6-9(13)7(11)5(3)8(12)10(6)14;1-8(2)10-6-4-9(3)5-7-10;1-4(2)7-8(12)5(10)3-6(11)9(7)13/h6-8H,1-5H3;4H,1-3H3;4-8H,1-3H3;3-4H,1-2H3. The fraction of sp³-hybridized carbons (Fsp3) is 0.415. The summed E-state index contributed by atoms with van der Waals surface area (Å²) in [4.78, 5) is 0. The van der Waals surface area contributed by atoms with Gasteiger partial charge in [0.05, 0.1) is 0 Å². The number of aryl methyl sites for hydroxylation is 4. The van der Waals surface area contributed by atoms with E-state index < -0.39 is 75.1 Å². The maximum Gasteiger partial charge on any atom is 0.165 e. The topological polar surface area (TPSA) is 0 Å². The lowest BCUT2D eigenvalue weighted by Gasteiger charge is -2.14. The van der Waals surface area contributed by atoms with Crippen LogP contribution in [0.5, 0.6) is 0 Å². The van der Waals surface area contributed by atoms with E-state index in [-0.39, 0.29) is 6.07 Å². The Kier molecular flexibility index (Phi) is 16.7. The van der Waals surface area contributed by atoms with Crippen molar-refractivity contribution in [1.29, 1.82) is 0 Å². The molecule has 0 aliphatic carbocycles. The van der Waals surface area contributed by atoms with Gasteiger partial charge in [-0.25, -0.2) is 35.1 Å². The zero-order valence-corrected chi connectivity index (χ0v) is 30.9. The SMILES string of the molecule is CC(C)c1c(F)c(F)cc(F)c1F.Cc1c(F)c(F)c(C(C)C)c(F)c1F.Cc1cc(C)c(C(C)C)c(C)c1.Cc1ccc(C(C)C)cc1. The fourth-order valence-corrected chi connectivity index (χ4v) is 5.42. The smallest absolute Gasteiger partial charge is 0.165 e. The average Bonchev–Trinajstić information content (AvgIpc) is 2.98. The highest BCUT2D eigenvalue weighted by molar-refractivity contribution is 5.39. The van der Waals surface area contributed by atoms with Gasteiger partial charge in [0.1, 0.15) is 0 Å². The number of rotatable bonds is 4. The zero-order valence-electron chi connectivity index (χ0n) is 30.9. The van der Waals surface area contributed by atoms with Gasteiger partial charge < -0.3 is 0 Å². The Morgan fingerprint density at radius 1 is 0.367 bits per heavy atom. The summed E-state index contributed by atoms with van der Waals surface area (Å²) < 4.78 is 103. The number of hydrogen-bond donors (Lipinski definition) is 0. The minimum absolute atomic E-state index is 0.205. The van der Waals surface area contributed by atoms with E-state index in [2.05, 4.69) is 91.8 Å². The molecule has 4 aromatic rings. The van der Waals surface area contributed by atoms with Gasteiger partial charge in [-0.05, 0) is 80.5 Å². The summed E-state index contributed by atoms with van der Waals surface area (Å²) in [5.41, 5.74) is 6.81. The monoisotopic (exact) mass is 694 g/mol. The number of benzene rings is 4. The molecule has 8 heteroatoms. The second-order valence-corrected chi connectivity index (χ2v) is 13.5. The third-order valence-electron chi connectivity index (χ3n) is 7.88. The van der Waals surface area contributed by atoms with E-state index in [0.29, 0.717) is 11.8 Å². The van der Waals surface area contributed by atoms with Crippen LogP contribution in [0.25, 0.3) is 0 Å². The molecule has 4 rings (SSSR count). The van der Waals surface area contributed by atoms with Gasteiger partial charge in [0.25, 0.3) is 0 Å². The first-order valence-electron chi connectivity index (χ1n) is 16.3. The number of halogens is 8. The Hall–Kier alpha value is -3.68. The van der Waals surface area contributed by atoms with E-state index in [1.54, 1.807) is 0 Å². The summed E-state index contributed by atoms with van der Waals surface area (Å²) in [5.74, 6) is -10.4. The van der Waals surface area contributed by atoms with Crippen LogP contribution in [-0.2, 0) is 0 Å². The predicted molar refractivity (Wildman–Crippen MR) is 185 cm³/mol. The lowest BCUT2D eigenvalue weighted by Crippen LogP contribution is -2.07. The maximum atomic E-state index is 13.2. The van der Waals surface area contributed by atoms with Crippen LogP contribution in [0.3, 0.4) is 0 Å². The third kappa shape index (κ3) is 11.7. The van der Waals surface area contributed by atoms with Crippen LogP contribution in [-0.4, -0.2) is 0 Å². The second-order valence-electron chi connectivity index (χ2n) is 13.5. The molecule has 0 radical (unpaired) electrons. The summed E-state index contributed by atoms with van der Waals surface area (Å²) >= 11 is 0. The van der Waals surface area contributed by atoms with Gasteiger partial charge in [0.2, 0.25) is 0 Å². The maximum absolute atomic E-state index is 13.2. The van der Waals surface area contributed by atoms with Crippen LogP contribution in [0, 0.1) is 81.2 Å². The third-order valence-corrected chi connectivity index (χ3v) is 7.88. The largest absolute Gasteiger partial charge is 0.204 e. The van der Waals surface area contributed by atoms with Crippen LogP contribution in [0.4, 0.5) is 35.1 Å². The van der Waals surface area contributed by atoms with Crippen molar-refractivity contribution in [1.82, 2.24) is 0 Å². The van der Waals surface area contributed by atoms with Gasteiger partial charge >= 0.3 is 0 Å². The molecule has 4 aromatic carbocycles. The molecule has 0 atom stereocenters. The van der Waals surface area contributed by atoms with Gasteiger partial charge in [-0.3, -0.25) is 0 Å². The molecule has 0 heterocycles. The molecule has 0 fully saturated rings. The normalized spacial score (nSPS) is 10.9. The Balaban J connectivity index is 0.000000329. The minimum Gasteiger partial charge on any atom is -0.204 e. The fourth-order valence-electron chi connectivity index (χ4n) is 5.42. The van der Waals surface area contributed by atoms with Gasteiger partial charge in [-0.2, -0.15) is 0 Å². The molecule has 0 N–H and O–H groups in total. The van der Waals surface area contributed by atoms with Crippen LogP contribution < -0.4 is 0 Å². The first-order chi connectivity index (χ1) is 22.5. The Morgan fingerprint density at radius 3 is 1.04 bits per heavy atom. The molecule has 270 valence electrons. The zero-order chi connectivity index (χ0) is 38.1. The van der Waals surface area contributed by atoms with Gasteiger partial charge in [-0.1, -0.05) is 103 Å². The highest BCUT2D eigenvalue weighted by Crippen LogP contribution is 2.29. The first kappa shape index (κ1) is 43.3. The molecule has 0 nitrogen and oxygen atoms in total. The van der Waals surface area contributed by atoms with E-state index in [9.17, 15) is 35.1 Å². The quantitative estimate of drug-likeness (QED) is 0.147. The second kappa shape index (κ2) is 18.9. The highest BCUT2D eigenvalue weighted by atomic mass is 19.2. The first-order valence-corrected chi connectivity index (χ1v) is 16.3. The summed E-state index contributed by atoms with van der Waals surface area (Å²) in [6.45, 7) is 24.5. The van der Waals surface area contributed by atoms with Gasteiger partial charge in [0.15, 0.2) is 46.5 Å². The molecule has 0 saturated carbocycles. The molecule has 0 bridgehead atoms. The van der Waals surface area contributed by atoms with E-state index in [1.807, 2.05) is 0 Å². The van der Waals surface area contributed by atoms with Crippen molar-refractivity contribution < 1.29 is 35.1 Å². The lowest BCUT2D eigenvalue weighted by molar-refractivity contribution is 0.425. The van der Waals surface area contributed by atoms with Crippen molar-refractivity contribution in [3.8, 4) is 0 Å². The van der Waals surface area contributed by atoms with Crippen LogP contribution in [0.1, 0.15) is 129 Å².